The molecule has 0 heterocycles. The molecule has 0 atom stereocenters. The Labute approximate surface area is 174 Å². The van der Waals surface area contributed by atoms with Crippen LogP contribution in [0.5, 0.6) is 5.75 Å². The van der Waals surface area contributed by atoms with Crippen molar-refractivity contribution in [2.24, 2.45) is 0 Å². The summed E-state index contributed by atoms with van der Waals surface area (Å²) in [4.78, 5) is 11.5. The van der Waals surface area contributed by atoms with Gasteiger partial charge >= 0.3 is 0 Å². The van der Waals surface area contributed by atoms with Crippen LogP contribution in [-0.4, -0.2) is 41.5 Å². The Hall–Kier alpha value is -2.11. The molecule has 5 heteroatoms. The third kappa shape index (κ3) is 6.72. The molecule has 0 radical (unpaired) electrons. The molecule has 1 amide bonds. The summed E-state index contributed by atoms with van der Waals surface area (Å²) in [5.74, 6) is 0.623. The molecule has 0 aliphatic heterocycles. The molecule has 0 fully saturated rings. The number of amides is 1. The highest BCUT2D eigenvalue weighted by Gasteiger charge is 2.29. The highest BCUT2D eigenvalue weighted by Crippen LogP contribution is 2.30. The predicted octanol–water partition coefficient (Wildman–Crippen LogP) is 3.98. The maximum absolute atomic E-state index is 11.5. The van der Waals surface area contributed by atoms with Gasteiger partial charge in [0, 0.05) is 12.3 Å². The average Bonchev–Trinajstić information content (AvgIpc) is 2.74. The Balaban J connectivity index is 2.10. The summed E-state index contributed by atoms with van der Waals surface area (Å²) >= 11 is 0. The molecule has 0 aromatic heterocycles. The lowest BCUT2D eigenvalue weighted by molar-refractivity contribution is -0.122. The van der Waals surface area contributed by atoms with Gasteiger partial charge in [-0.05, 0) is 36.3 Å². The van der Waals surface area contributed by atoms with Gasteiger partial charge in [0.15, 0.2) is 0 Å². The summed E-state index contributed by atoms with van der Waals surface area (Å²) in [6.45, 7) is 3.71. The Morgan fingerprint density at radius 1 is 1.00 bits per heavy atom. The summed E-state index contributed by atoms with van der Waals surface area (Å²) in [6, 6.07) is 12.2. The SMILES string of the molecule is CCCCCCCOc1ccc(CCC(CO)(CO)NC(C)=O)c2ccccc12. The average molecular weight is 402 g/mol. The maximum atomic E-state index is 11.5. The van der Waals surface area contributed by atoms with Crippen LogP contribution in [0.15, 0.2) is 36.4 Å². The van der Waals surface area contributed by atoms with Gasteiger partial charge in [-0.15, -0.1) is 0 Å². The second-order valence-corrected chi connectivity index (χ2v) is 7.81. The molecule has 0 saturated heterocycles. The Morgan fingerprint density at radius 2 is 1.69 bits per heavy atom. The highest BCUT2D eigenvalue weighted by atomic mass is 16.5. The van der Waals surface area contributed by atoms with Crippen molar-refractivity contribution in [3.63, 3.8) is 0 Å². The topological polar surface area (TPSA) is 78.8 Å². The van der Waals surface area contributed by atoms with Gasteiger partial charge in [-0.2, -0.15) is 0 Å². The van der Waals surface area contributed by atoms with Crippen LogP contribution >= 0.6 is 0 Å². The molecule has 0 aliphatic carbocycles. The maximum Gasteiger partial charge on any atom is 0.217 e. The molecule has 160 valence electrons. The third-order valence-electron chi connectivity index (χ3n) is 5.40. The van der Waals surface area contributed by atoms with Gasteiger partial charge in [0.05, 0.1) is 25.4 Å². The zero-order chi connectivity index (χ0) is 21.1. The number of rotatable bonds is 13. The van der Waals surface area contributed by atoms with E-state index in [-0.39, 0.29) is 19.1 Å². The number of carbonyl (C=O) groups excluding carboxylic acids is 1. The van der Waals surface area contributed by atoms with E-state index in [1.54, 1.807) is 0 Å². The number of nitrogens with one attached hydrogen (secondary N) is 1. The van der Waals surface area contributed by atoms with Crippen molar-refractivity contribution in [1.82, 2.24) is 5.32 Å². The molecular formula is C24H35NO4. The zero-order valence-electron chi connectivity index (χ0n) is 17.7. The Morgan fingerprint density at radius 3 is 2.34 bits per heavy atom. The smallest absolute Gasteiger partial charge is 0.217 e. The number of carbonyl (C=O) groups is 1. The molecule has 0 unspecified atom stereocenters. The van der Waals surface area contributed by atoms with Gasteiger partial charge in [0.25, 0.3) is 0 Å². The normalized spacial score (nSPS) is 11.6. The Kier molecular flexibility index (Phi) is 9.42. The van der Waals surface area contributed by atoms with Crippen LogP contribution in [-0.2, 0) is 11.2 Å². The molecular weight excluding hydrogens is 366 g/mol. The molecule has 29 heavy (non-hydrogen) atoms. The summed E-state index contributed by atoms with van der Waals surface area (Å²) < 4.78 is 6.06. The lowest BCUT2D eigenvalue weighted by atomic mass is 9.90. The third-order valence-corrected chi connectivity index (χ3v) is 5.40. The van der Waals surface area contributed by atoms with Crippen LogP contribution in [0.2, 0.25) is 0 Å². The number of unbranched alkanes of at least 4 members (excludes halogenated alkanes) is 4. The number of ether oxygens (including phenoxy) is 1. The molecule has 0 spiro atoms. The molecule has 2 aromatic carbocycles. The van der Waals surface area contributed by atoms with E-state index in [9.17, 15) is 15.0 Å². The number of aliphatic hydroxyl groups excluding tert-OH is 2. The van der Waals surface area contributed by atoms with E-state index in [0.29, 0.717) is 19.4 Å². The van der Waals surface area contributed by atoms with Crippen molar-refractivity contribution < 1.29 is 19.7 Å². The fourth-order valence-corrected chi connectivity index (χ4v) is 3.66. The van der Waals surface area contributed by atoms with Crippen molar-refractivity contribution in [2.45, 2.75) is 64.3 Å². The lowest BCUT2D eigenvalue weighted by Gasteiger charge is -2.30. The van der Waals surface area contributed by atoms with E-state index in [1.807, 2.05) is 24.3 Å². The monoisotopic (exact) mass is 401 g/mol. The number of aryl methyl sites for hydroxylation is 1. The quantitative estimate of drug-likeness (QED) is 0.444. The van der Waals surface area contributed by atoms with Crippen LogP contribution in [0.3, 0.4) is 0 Å². The highest BCUT2D eigenvalue weighted by molar-refractivity contribution is 5.91. The van der Waals surface area contributed by atoms with Gasteiger partial charge < -0.3 is 20.3 Å². The number of hydrogen-bond acceptors (Lipinski definition) is 4. The first-order valence-electron chi connectivity index (χ1n) is 10.7. The van der Waals surface area contributed by atoms with Crippen LogP contribution < -0.4 is 10.1 Å². The van der Waals surface area contributed by atoms with E-state index in [2.05, 4.69) is 24.4 Å². The van der Waals surface area contributed by atoms with Gasteiger partial charge in [0.2, 0.25) is 5.91 Å². The van der Waals surface area contributed by atoms with Crippen LogP contribution in [0.1, 0.15) is 57.9 Å². The minimum atomic E-state index is -1.01. The molecule has 0 saturated carbocycles. The first kappa shape index (κ1) is 23.2. The van der Waals surface area contributed by atoms with Crippen LogP contribution in [0.4, 0.5) is 0 Å². The molecule has 2 aromatic rings. The summed E-state index contributed by atoms with van der Waals surface area (Å²) in [5.41, 5.74) is 0.0909. The minimum absolute atomic E-state index is 0.263. The lowest BCUT2D eigenvalue weighted by Crippen LogP contribution is -2.53. The fraction of sp³-hybridized carbons (Fsp3) is 0.542. The molecule has 0 bridgehead atoms. The number of benzene rings is 2. The van der Waals surface area contributed by atoms with Crippen molar-refractivity contribution in [3.05, 3.63) is 42.0 Å². The van der Waals surface area contributed by atoms with E-state index < -0.39 is 5.54 Å². The number of hydrogen-bond donors (Lipinski definition) is 3. The Bertz CT molecular complexity index is 771. The standard InChI is InChI=1S/C24H35NO4/c1-3-4-5-6-9-16-29-23-13-12-20(21-10-7-8-11-22(21)23)14-15-24(17-26,18-27)25-19(2)28/h7-8,10-13,26-27H,3-6,9,14-18H2,1-2H3,(H,25,28). The van der Waals surface area contributed by atoms with E-state index >= 15 is 0 Å². The summed E-state index contributed by atoms with van der Waals surface area (Å²) in [6.07, 6.45) is 7.09. The fourth-order valence-electron chi connectivity index (χ4n) is 3.66. The van der Waals surface area contributed by atoms with Crippen molar-refractivity contribution in [1.29, 1.82) is 0 Å². The van der Waals surface area contributed by atoms with Gasteiger partial charge in [0.1, 0.15) is 5.75 Å². The summed E-state index contributed by atoms with van der Waals surface area (Å²) in [7, 11) is 0. The van der Waals surface area contributed by atoms with Gasteiger partial charge in [-0.1, -0.05) is 62.9 Å². The zero-order valence-corrected chi connectivity index (χ0v) is 17.7. The van der Waals surface area contributed by atoms with E-state index in [1.165, 1.54) is 32.6 Å². The van der Waals surface area contributed by atoms with E-state index in [0.717, 1.165) is 28.5 Å². The minimum Gasteiger partial charge on any atom is -0.493 e. The first-order chi connectivity index (χ1) is 14.0. The van der Waals surface area contributed by atoms with Crippen LogP contribution in [0, 0.1) is 0 Å². The first-order valence-corrected chi connectivity index (χ1v) is 10.7. The van der Waals surface area contributed by atoms with Crippen molar-refractivity contribution >= 4 is 16.7 Å². The largest absolute Gasteiger partial charge is 0.493 e. The summed E-state index contributed by atoms with van der Waals surface area (Å²) in [5, 5.41) is 24.4. The van der Waals surface area contributed by atoms with E-state index in [4.69, 9.17) is 4.74 Å². The van der Waals surface area contributed by atoms with Crippen molar-refractivity contribution in [2.75, 3.05) is 19.8 Å². The number of fused-ring (bicyclic) bond motifs is 1. The second-order valence-electron chi connectivity index (χ2n) is 7.81. The molecule has 3 N–H and O–H groups in total. The van der Waals surface area contributed by atoms with Crippen molar-refractivity contribution in [3.8, 4) is 5.75 Å². The second kappa shape index (κ2) is 11.8. The predicted molar refractivity (Wildman–Crippen MR) is 117 cm³/mol. The van der Waals surface area contributed by atoms with Gasteiger partial charge in [-0.25, -0.2) is 0 Å². The molecule has 2 rings (SSSR count). The van der Waals surface area contributed by atoms with Gasteiger partial charge in [-0.3, -0.25) is 4.79 Å². The number of aliphatic hydroxyl groups is 2. The molecule has 0 aliphatic rings. The molecule has 5 nitrogen and oxygen atoms in total. The van der Waals surface area contributed by atoms with Crippen LogP contribution in [0.25, 0.3) is 10.8 Å².